The molecule has 6 aliphatic rings. The maximum Gasteiger partial charge on any atom is 0.260 e. The van der Waals surface area contributed by atoms with Crippen molar-refractivity contribution >= 4 is 80.3 Å². The van der Waals surface area contributed by atoms with Gasteiger partial charge in [0.25, 0.3) is 13.4 Å². The molecule has 0 saturated carbocycles. The Hall–Kier alpha value is -7.69. The van der Waals surface area contributed by atoms with Crippen LogP contribution in [0.1, 0.15) is 103 Å². The standard InChI is InChI=1S/C70H62B2N2O2/c1-67(2)31-33-69(5,6)51-35-43(27-29-49(51)67)45-37-59-65-60(38-45)74(48-21-13-10-14-22-48)58-42-62-56(41-55(58)71(65)53-23-15-17-25-57(53)73(59)47-19-11-9-12-20-47)72-54-24-16-18-26-61(54)75-63-39-46(40-64(76-62)66(63)72)44-28-30-50-52(36-44)70(7,8)34-32-68(50,3)4/h9-30,35-42H,31-34H2,1-8H3. The van der Waals surface area contributed by atoms with Gasteiger partial charge in [0, 0.05) is 45.7 Å². The second kappa shape index (κ2) is 15.9. The molecule has 9 aromatic rings. The van der Waals surface area contributed by atoms with Crippen molar-refractivity contribution in [3.05, 3.63) is 204 Å². The number of hydrogen-bond acceptors (Lipinski definition) is 4. The van der Waals surface area contributed by atoms with Crippen molar-refractivity contribution in [2.24, 2.45) is 0 Å². The molecule has 0 radical (unpaired) electrons. The number of anilines is 6. The first-order valence-electron chi connectivity index (χ1n) is 27.7. The van der Waals surface area contributed by atoms with E-state index in [0.29, 0.717) is 0 Å². The van der Waals surface area contributed by atoms with E-state index in [0.717, 1.165) is 74.9 Å². The zero-order valence-corrected chi connectivity index (χ0v) is 45.0. The molecule has 76 heavy (non-hydrogen) atoms. The van der Waals surface area contributed by atoms with Crippen molar-refractivity contribution in [3.63, 3.8) is 0 Å². The number of ether oxygens (including phenoxy) is 2. The molecule has 0 aromatic heterocycles. The van der Waals surface area contributed by atoms with Crippen LogP contribution in [0.3, 0.4) is 0 Å². The average Bonchev–Trinajstić information content (AvgIpc) is 3.61. The van der Waals surface area contributed by atoms with Crippen LogP contribution in [0.2, 0.25) is 0 Å². The van der Waals surface area contributed by atoms with Crippen LogP contribution < -0.4 is 52.1 Å². The molecule has 370 valence electrons. The second-order valence-electron chi connectivity index (χ2n) is 25.3. The lowest BCUT2D eigenvalue weighted by Gasteiger charge is -2.45. The quantitative estimate of drug-likeness (QED) is 0.164. The van der Waals surface area contributed by atoms with Gasteiger partial charge in [-0.1, -0.05) is 171 Å². The lowest BCUT2D eigenvalue weighted by Crippen LogP contribution is -2.63. The summed E-state index contributed by atoms with van der Waals surface area (Å²) in [6, 6.07) is 68.7. The SMILES string of the molecule is CC1(C)CCC(C)(C)c2cc(-c3cc4c5c(c3)Oc3cc6c(cc3B5c3ccccc3O4)B3c4ccccc4N(c4ccccc4)c4cc(-c5ccc7c(c5)C(C)(C)CCC7(C)C)cc(c43)N6c3ccccc3)ccc21. The van der Waals surface area contributed by atoms with E-state index in [9.17, 15) is 0 Å². The van der Waals surface area contributed by atoms with Gasteiger partial charge in [0.15, 0.2) is 0 Å². The summed E-state index contributed by atoms with van der Waals surface area (Å²) in [5.41, 5.74) is 25.2. The molecule has 4 nitrogen and oxygen atoms in total. The molecule has 0 spiro atoms. The van der Waals surface area contributed by atoms with E-state index in [-0.39, 0.29) is 35.1 Å². The van der Waals surface area contributed by atoms with Crippen LogP contribution in [0, 0.1) is 0 Å². The van der Waals surface area contributed by atoms with Gasteiger partial charge in [-0.3, -0.25) is 0 Å². The van der Waals surface area contributed by atoms with Crippen molar-refractivity contribution in [3.8, 4) is 45.3 Å². The smallest absolute Gasteiger partial charge is 0.260 e. The van der Waals surface area contributed by atoms with E-state index >= 15 is 0 Å². The van der Waals surface area contributed by atoms with Gasteiger partial charge in [-0.25, -0.2) is 0 Å². The van der Waals surface area contributed by atoms with E-state index in [2.05, 4.69) is 247 Å². The van der Waals surface area contributed by atoms with Crippen LogP contribution in [-0.4, -0.2) is 13.4 Å². The molecule has 4 heterocycles. The van der Waals surface area contributed by atoms with Crippen molar-refractivity contribution in [2.75, 3.05) is 9.80 Å². The first-order chi connectivity index (χ1) is 36.6. The van der Waals surface area contributed by atoms with Crippen LogP contribution in [0.25, 0.3) is 22.3 Å². The van der Waals surface area contributed by atoms with E-state index in [1.54, 1.807) is 0 Å². The highest BCUT2D eigenvalue weighted by Crippen LogP contribution is 2.52. The highest BCUT2D eigenvalue weighted by molar-refractivity contribution is 7.02. The van der Waals surface area contributed by atoms with Crippen LogP contribution in [0.5, 0.6) is 23.0 Å². The molecule has 9 aromatic carbocycles. The van der Waals surface area contributed by atoms with E-state index in [4.69, 9.17) is 9.47 Å². The Balaban J connectivity index is 0.977. The largest absolute Gasteiger partial charge is 0.458 e. The van der Waals surface area contributed by atoms with E-state index < -0.39 is 0 Å². The van der Waals surface area contributed by atoms with Crippen LogP contribution in [0.4, 0.5) is 34.1 Å². The highest BCUT2D eigenvalue weighted by atomic mass is 16.5. The third-order valence-corrected chi connectivity index (χ3v) is 18.9. The van der Waals surface area contributed by atoms with Crippen molar-refractivity contribution < 1.29 is 9.47 Å². The number of fused-ring (bicyclic) bond motifs is 10. The molecule has 0 fully saturated rings. The van der Waals surface area contributed by atoms with Gasteiger partial charge in [-0.05, 0) is 180 Å². The summed E-state index contributed by atoms with van der Waals surface area (Å²) in [5, 5.41) is 0. The molecule has 0 N–H and O–H groups in total. The first kappa shape index (κ1) is 45.7. The maximum atomic E-state index is 7.44. The molecule has 2 aliphatic carbocycles. The van der Waals surface area contributed by atoms with Crippen molar-refractivity contribution in [1.29, 1.82) is 0 Å². The molecule has 0 atom stereocenters. The molecule has 0 amide bonds. The van der Waals surface area contributed by atoms with Gasteiger partial charge in [-0.2, -0.15) is 0 Å². The number of hydrogen-bond donors (Lipinski definition) is 0. The van der Waals surface area contributed by atoms with Gasteiger partial charge in [0.05, 0.1) is 0 Å². The minimum absolute atomic E-state index is 0.0668. The summed E-state index contributed by atoms with van der Waals surface area (Å²) in [4.78, 5) is 5.06. The third-order valence-electron chi connectivity index (χ3n) is 18.9. The van der Waals surface area contributed by atoms with E-state index in [1.807, 2.05) is 0 Å². The Morgan fingerprint density at radius 3 is 1.36 bits per heavy atom. The Bertz CT molecular complexity index is 3930. The zero-order valence-electron chi connectivity index (χ0n) is 45.0. The fraction of sp³-hybridized carbons (Fsp3) is 0.229. The Kier molecular flexibility index (Phi) is 9.57. The Morgan fingerprint density at radius 2 is 0.776 bits per heavy atom. The summed E-state index contributed by atoms with van der Waals surface area (Å²) >= 11 is 0. The van der Waals surface area contributed by atoms with E-state index in [1.165, 1.54) is 85.2 Å². The number of benzene rings is 9. The van der Waals surface area contributed by atoms with Gasteiger partial charge in [0.2, 0.25) is 0 Å². The summed E-state index contributed by atoms with van der Waals surface area (Å²) in [5.74, 6) is 3.48. The van der Waals surface area contributed by atoms with Gasteiger partial charge >= 0.3 is 0 Å². The van der Waals surface area contributed by atoms with Crippen LogP contribution >= 0.6 is 0 Å². The molecule has 6 heteroatoms. The number of para-hydroxylation sites is 4. The fourth-order valence-electron chi connectivity index (χ4n) is 14.5. The Morgan fingerprint density at radius 1 is 0.316 bits per heavy atom. The molecule has 0 unspecified atom stereocenters. The van der Waals surface area contributed by atoms with Gasteiger partial charge in [0.1, 0.15) is 23.0 Å². The van der Waals surface area contributed by atoms with Crippen LogP contribution in [-0.2, 0) is 21.7 Å². The lowest BCUT2D eigenvalue weighted by molar-refractivity contribution is 0.332. The minimum Gasteiger partial charge on any atom is -0.458 e. The zero-order chi connectivity index (χ0) is 51.6. The molecule has 15 rings (SSSR count). The number of rotatable bonds is 4. The van der Waals surface area contributed by atoms with Crippen molar-refractivity contribution in [1.82, 2.24) is 0 Å². The molecule has 0 bridgehead atoms. The molecular weight excluding hydrogens is 922 g/mol. The predicted molar refractivity (Wildman–Crippen MR) is 320 cm³/mol. The topological polar surface area (TPSA) is 24.9 Å². The van der Waals surface area contributed by atoms with Crippen LogP contribution in [0.15, 0.2) is 182 Å². The second-order valence-corrected chi connectivity index (χ2v) is 25.3. The molecule has 4 aliphatic heterocycles. The monoisotopic (exact) mass is 984 g/mol. The molecule has 0 saturated heterocycles. The summed E-state index contributed by atoms with van der Waals surface area (Å²) in [6.07, 6.45) is 4.69. The van der Waals surface area contributed by atoms with Crippen molar-refractivity contribution in [2.45, 2.75) is 103 Å². The maximum absolute atomic E-state index is 7.44. The summed E-state index contributed by atoms with van der Waals surface area (Å²) in [6.45, 7) is 19.2. The summed E-state index contributed by atoms with van der Waals surface area (Å²) < 4.78 is 14.4. The van der Waals surface area contributed by atoms with Gasteiger partial charge < -0.3 is 19.3 Å². The highest BCUT2D eigenvalue weighted by Gasteiger charge is 2.48. The Labute approximate surface area is 449 Å². The lowest BCUT2D eigenvalue weighted by atomic mass is 9.31. The average molecular weight is 985 g/mol. The minimum atomic E-state index is -0.104. The first-order valence-corrected chi connectivity index (χ1v) is 27.7. The number of nitrogens with zero attached hydrogens (tertiary/aromatic N) is 2. The third kappa shape index (κ3) is 6.65. The summed E-state index contributed by atoms with van der Waals surface area (Å²) in [7, 11) is 0. The molecular formula is C70H62B2N2O2. The normalized spacial score (nSPS) is 17.8. The fourth-order valence-corrected chi connectivity index (χ4v) is 14.5. The van der Waals surface area contributed by atoms with Gasteiger partial charge in [-0.15, -0.1) is 0 Å². The predicted octanol–water partition coefficient (Wildman–Crippen LogP) is 14.5.